The van der Waals surface area contributed by atoms with Crippen LogP contribution < -0.4 is 4.53 Å². The largest absolute Gasteiger partial charge is 0.460 e. The van der Waals surface area contributed by atoms with Crippen molar-refractivity contribution in [1.29, 1.82) is 0 Å². The second-order valence-corrected chi connectivity index (χ2v) is 9.85. The van der Waals surface area contributed by atoms with Crippen molar-refractivity contribution >= 4 is 15.7 Å². The van der Waals surface area contributed by atoms with E-state index < -0.39 is 72.8 Å². The van der Waals surface area contributed by atoms with Crippen molar-refractivity contribution in [2.24, 2.45) is 0 Å². The van der Waals surface area contributed by atoms with Crippen LogP contribution in [0, 0.1) is 0 Å². The molecule has 0 unspecified atom stereocenters. The van der Waals surface area contributed by atoms with Gasteiger partial charge in [0.25, 0.3) is 0 Å². The summed E-state index contributed by atoms with van der Waals surface area (Å²) in [5.41, 5.74) is -2.79. The lowest BCUT2D eigenvalue weighted by Crippen LogP contribution is -2.75. The summed E-state index contributed by atoms with van der Waals surface area (Å²) in [6.07, 6.45) is -7.94. The minimum Gasteiger partial charge on any atom is -0.197 e. The van der Waals surface area contributed by atoms with Gasteiger partial charge in [-0.2, -0.15) is 83.1 Å². The molecule has 0 amide bonds. The molecule has 0 saturated carbocycles. The molecule has 0 fully saturated rings. The van der Waals surface area contributed by atoms with E-state index in [2.05, 4.69) is 0 Å². The number of hydrogen-bond donors (Lipinski definition) is 0. The van der Waals surface area contributed by atoms with E-state index in [0.717, 1.165) is 36.4 Å². The summed E-state index contributed by atoms with van der Waals surface area (Å²) < 4.78 is 265. The van der Waals surface area contributed by atoms with E-state index in [1.165, 1.54) is 6.07 Å². The average molecular weight is 669 g/mol. The van der Waals surface area contributed by atoms with E-state index in [1.54, 1.807) is 0 Å². The van der Waals surface area contributed by atoms with Crippen LogP contribution in [0.5, 0.6) is 0 Å². The third-order valence-electron chi connectivity index (χ3n) is 5.41. The molecule has 0 radical (unpaired) electrons. The van der Waals surface area contributed by atoms with Crippen molar-refractivity contribution < 1.29 is 87.5 Å². The van der Waals surface area contributed by atoms with Crippen molar-refractivity contribution in [3.8, 4) is 11.1 Å². The SMILES string of the molecule is O=S(=O)(N(F)c1ccccc1-c1ccccc1)C(F)(F)C(F)(F)C(F)(F)C(F)(F)C(F)(F)C(F)(F)C(F)(F)C(F)(F)F. The Labute approximate surface area is 221 Å². The Kier molecular flexibility index (Phi) is 8.36. The van der Waals surface area contributed by atoms with Crippen LogP contribution in [0.1, 0.15) is 0 Å². The summed E-state index contributed by atoms with van der Waals surface area (Å²) in [5, 5.41) is -8.02. The zero-order valence-electron chi connectivity index (χ0n) is 19.2. The molecule has 0 aliphatic carbocycles. The molecule has 238 valence electrons. The molecule has 0 aliphatic heterocycles. The van der Waals surface area contributed by atoms with Gasteiger partial charge in [0.2, 0.25) is 0 Å². The van der Waals surface area contributed by atoms with Crippen molar-refractivity contribution in [2.75, 3.05) is 4.53 Å². The van der Waals surface area contributed by atoms with Crippen LogP contribution in [0.2, 0.25) is 0 Å². The molecule has 0 bridgehead atoms. The summed E-state index contributed by atoms with van der Waals surface area (Å²) in [6.45, 7) is 0. The molecule has 0 aromatic heterocycles. The molecule has 0 N–H and O–H groups in total. The van der Waals surface area contributed by atoms with E-state index in [-0.39, 0.29) is 11.6 Å². The smallest absolute Gasteiger partial charge is 0.197 e. The maximum absolute atomic E-state index is 14.8. The van der Waals surface area contributed by atoms with Crippen LogP contribution >= 0.6 is 0 Å². The van der Waals surface area contributed by atoms with E-state index in [1.807, 2.05) is 0 Å². The minimum atomic E-state index is -9.01. The normalized spacial score (nSPS) is 15.1. The summed E-state index contributed by atoms with van der Waals surface area (Å²) in [7, 11) is -8.15. The van der Waals surface area contributed by atoms with Crippen LogP contribution in [0.25, 0.3) is 11.1 Å². The van der Waals surface area contributed by atoms with E-state index >= 15 is 0 Å². The lowest BCUT2D eigenvalue weighted by Gasteiger charge is -2.42. The zero-order chi connectivity index (χ0) is 33.2. The number of benzene rings is 2. The molecule has 0 saturated heterocycles. The minimum absolute atomic E-state index is 0.217. The maximum atomic E-state index is 14.8. The molecule has 0 atom stereocenters. The van der Waals surface area contributed by atoms with Gasteiger partial charge in [0, 0.05) is 5.56 Å². The number of rotatable bonds is 10. The molecular formula is C20H9F18NO2S. The first kappa shape index (κ1) is 35.1. The molecule has 2 aromatic rings. The molecule has 2 rings (SSSR count). The Hall–Kier alpha value is -3.07. The van der Waals surface area contributed by atoms with Gasteiger partial charge in [-0.25, -0.2) is 0 Å². The number of halogens is 18. The standard InChI is InChI=1S/C20H9F18NO2S/c21-13(22,15(25,26)17(29,30)19(33,34)35)14(23,24)16(27,28)18(31,32)20(36,37)42(40,41)39(38)12-9-5-4-8-11(12)10-6-2-1-3-7-10/h1-9H. The fraction of sp³-hybridized carbons (Fsp3) is 0.400. The number of hydrogen-bond acceptors (Lipinski definition) is 2. The number of anilines is 1. The Morgan fingerprint density at radius 3 is 1.26 bits per heavy atom. The first-order chi connectivity index (χ1) is 18.5. The molecule has 0 aliphatic rings. The molecule has 42 heavy (non-hydrogen) atoms. The average Bonchev–Trinajstić information content (AvgIpc) is 2.87. The van der Waals surface area contributed by atoms with Crippen LogP contribution in [0.15, 0.2) is 54.6 Å². The van der Waals surface area contributed by atoms with Crippen molar-refractivity contribution in [1.82, 2.24) is 0 Å². The molecule has 3 nitrogen and oxygen atoms in total. The number of para-hydroxylation sites is 1. The first-order valence-corrected chi connectivity index (χ1v) is 11.5. The lowest BCUT2D eigenvalue weighted by atomic mass is 9.91. The molecule has 0 heterocycles. The zero-order valence-corrected chi connectivity index (χ0v) is 20.0. The van der Waals surface area contributed by atoms with E-state index in [9.17, 15) is 87.5 Å². The van der Waals surface area contributed by atoms with Gasteiger partial charge in [0.1, 0.15) is 0 Å². The fourth-order valence-corrected chi connectivity index (χ4v) is 4.10. The van der Waals surface area contributed by atoms with Gasteiger partial charge in [-0.3, -0.25) is 0 Å². The topological polar surface area (TPSA) is 37.4 Å². The van der Waals surface area contributed by atoms with Gasteiger partial charge in [-0.1, -0.05) is 57.5 Å². The van der Waals surface area contributed by atoms with Crippen LogP contribution in [0.4, 0.5) is 84.8 Å². The number of sulfonamides is 1. The van der Waals surface area contributed by atoms with Gasteiger partial charge < -0.3 is 0 Å². The van der Waals surface area contributed by atoms with Gasteiger partial charge in [-0.15, -0.1) is 0 Å². The molecule has 22 heteroatoms. The highest BCUT2D eigenvalue weighted by Crippen LogP contribution is 2.64. The highest BCUT2D eigenvalue weighted by molar-refractivity contribution is 7.93. The first-order valence-electron chi connectivity index (χ1n) is 10.1. The summed E-state index contributed by atoms with van der Waals surface area (Å²) in [6, 6.07) is 8.15. The summed E-state index contributed by atoms with van der Waals surface area (Å²) in [5.74, 6) is -52.6. The summed E-state index contributed by atoms with van der Waals surface area (Å²) >= 11 is 0. The number of alkyl halides is 17. The second-order valence-electron chi connectivity index (χ2n) is 8.06. The third-order valence-corrected chi connectivity index (χ3v) is 6.93. The maximum Gasteiger partial charge on any atom is 0.460 e. The molecule has 0 spiro atoms. The van der Waals surface area contributed by atoms with Crippen molar-refractivity contribution in [3.63, 3.8) is 0 Å². The van der Waals surface area contributed by atoms with E-state index in [4.69, 9.17) is 0 Å². The predicted molar refractivity (Wildman–Crippen MR) is 105 cm³/mol. The van der Waals surface area contributed by atoms with E-state index in [0.29, 0.717) is 6.07 Å². The summed E-state index contributed by atoms with van der Waals surface area (Å²) in [4.78, 5) is 0. The quantitative estimate of drug-likeness (QED) is 0.189. The van der Waals surface area contributed by atoms with Gasteiger partial charge >= 0.3 is 57.0 Å². The highest BCUT2D eigenvalue weighted by Gasteiger charge is 2.96. The third kappa shape index (κ3) is 4.59. The monoisotopic (exact) mass is 669 g/mol. The van der Waals surface area contributed by atoms with Gasteiger partial charge in [0.15, 0.2) is 0 Å². The van der Waals surface area contributed by atoms with Gasteiger partial charge in [0.05, 0.1) is 5.69 Å². The lowest BCUT2D eigenvalue weighted by molar-refractivity contribution is -0.458. The van der Waals surface area contributed by atoms with Crippen LogP contribution in [0.3, 0.4) is 0 Å². The predicted octanol–water partition coefficient (Wildman–Crippen LogP) is 8.34. The fourth-order valence-electron chi connectivity index (χ4n) is 3.03. The Morgan fingerprint density at radius 2 is 0.833 bits per heavy atom. The van der Waals surface area contributed by atoms with Crippen LogP contribution in [-0.4, -0.2) is 55.4 Å². The molecule has 2 aromatic carbocycles. The molecular weight excluding hydrogens is 660 g/mol. The number of nitrogens with zero attached hydrogens (tertiary/aromatic N) is 1. The van der Waals surface area contributed by atoms with Crippen molar-refractivity contribution in [2.45, 2.75) is 47.0 Å². The Bertz CT molecular complexity index is 1390. The van der Waals surface area contributed by atoms with Gasteiger partial charge in [-0.05, 0) is 11.6 Å². The van der Waals surface area contributed by atoms with Crippen molar-refractivity contribution in [3.05, 3.63) is 54.6 Å². The Morgan fingerprint density at radius 1 is 0.476 bits per heavy atom. The Balaban J connectivity index is 2.71. The van der Waals surface area contributed by atoms with Crippen LogP contribution in [-0.2, 0) is 10.0 Å². The second kappa shape index (κ2) is 10.00. The highest BCUT2D eigenvalue weighted by atomic mass is 32.2.